The summed E-state index contributed by atoms with van der Waals surface area (Å²) >= 11 is 0. The van der Waals surface area contributed by atoms with E-state index < -0.39 is 5.60 Å². The van der Waals surface area contributed by atoms with Crippen LogP contribution in [0.2, 0.25) is 0 Å². The summed E-state index contributed by atoms with van der Waals surface area (Å²) in [5.74, 6) is -0.925. The topological polar surface area (TPSA) is 81.4 Å². The third-order valence-electron chi connectivity index (χ3n) is 3.17. The minimum Gasteiger partial charge on any atom is -0.369 e. The lowest BCUT2D eigenvalue weighted by molar-refractivity contribution is -0.143. The van der Waals surface area contributed by atoms with Gasteiger partial charge in [0.1, 0.15) is 5.60 Å². The summed E-state index contributed by atoms with van der Waals surface area (Å²) in [7, 11) is 0. The van der Waals surface area contributed by atoms with Crippen LogP contribution < -0.4 is 11.1 Å². The number of carbonyl (C=O) groups is 2. The first-order valence-corrected chi connectivity index (χ1v) is 6.27. The maximum Gasteiger partial charge on any atom is 0.251 e. The quantitative estimate of drug-likeness (QED) is 0.710. The van der Waals surface area contributed by atoms with E-state index in [2.05, 4.69) is 5.32 Å². The van der Waals surface area contributed by atoms with Crippen LogP contribution in [0.15, 0.2) is 12.2 Å². The molecule has 0 radical (unpaired) electrons. The summed E-state index contributed by atoms with van der Waals surface area (Å²) in [4.78, 5) is 23.4. The molecule has 2 atom stereocenters. The van der Waals surface area contributed by atoms with E-state index in [0.717, 1.165) is 0 Å². The maximum atomic E-state index is 12.1. The Bertz CT molecular complexity index is 350. The number of nitrogens with one attached hydrogen (secondary N) is 1. The molecule has 0 aliphatic heterocycles. The number of rotatable bonds is 5. The number of carbonyl (C=O) groups excluding carboxylic acids is 2. The predicted molar refractivity (Wildman–Crippen MR) is 68.7 cm³/mol. The molecule has 0 saturated heterocycles. The fraction of sp³-hybridized carbons (Fsp3) is 0.692. The number of ether oxygens (including phenoxy) is 1. The third-order valence-corrected chi connectivity index (χ3v) is 3.17. The summed E-state index contributed by atoms with van der Waals surface area (Å²) in [5, 5.41) is 2.86. The van der Waals surface area contributed by atoms with Gasteiger partial charge in [0.05, 0.1) is 5.92 Å². The molecule has 0 unspecified atom stereocenters. The zero-order chi connectivity index (χ0) is 13.8. The lowest BCUT2D eigenvalue weighted by atomic mass is 9.88. The van der Waals surface area contributed by atoms with Crippen LogP contribution in [0.5, 0.6) is 0 Å². The van der Waals surface area contributed by atoms with Crippen molar-refractivity contribution in [3.63, 3.8) is 0 Å². The van der Waals surface area contributed by atoms with Gasteiger partial charge in [-0.05, 0) is 33.6 Å². The highest BCUT2D eigenvalue weighted by Crippen LogP contribution is 2.20. The molecule has 102 valence electrons. The first kappa shape index (κ1) is 14.7. The second-order valence-electron chi connectivity index (χ2n) is 4.97. The average molecular weight is 254 g/mol. The third kappa shape index (κ3) is 3.57. The Morgan fingerprint density at radius 1 is 1.39 bits per heavy atom. The van der Waals surface area contributed by atoms with E-state index in [1.807, 2.05) is 19.1 Å². The standard InChI is InChI=1S/C13H22N2O3/c1-4-18-13(2,3)12(17)15-10-8-6-5-7-9(10)11(14)16/h5-6,9-10H,4,7-8H2,1-3H3,(H2,14,16)(H,15,17)/t9-,10-/m1/s1. The lowest BCUT2D eigenvalue weighted by Crippen LogP contribution is -2.52. The Hall–Kier alpha value is -1.36. The van der Waals surface area contributed by atoms with Crippen molar-refractivity contribution < 1.29 is 14.3 Å². The smallest absolute Gasteiger partial charge is 0.251 e. The highest BCUT2D eigenvalue weighted by molar-refractivity contribution is 5.86. The predicted octanol–water partition coefficient (Wildman–Crippen LogP) is 0.738. The Morgan fingerprint density at radius 3 is 2.56 bits per heavy atom. The van der Waals surface area contributed by atoms with E-state index in [9.17, 15) is 9.59 Å². The van der Waals surface area contributed by atoms with Crippen molar-refractivity contribution in [2.45, 2.75) is 45.3 Å². The van der Waals surface area contributed by atoms with Crippen LogP contribution in [-0.2, 0) is 14.3 Å². The van der Waals surface area contributed by atoms with Crippen LogP contribution in [0, 0.1) is 5.92 Å². The van der Waals surface area contributed by atoms with E-state index in [4.69, 9.17) is 10.5 Å². The largest absolute Gasteiger partial charge is 0.369 e. The van der Waals surface area contributed by atoms with Crippen molar-refractivity contribution >= 4 is 11.8 Å². The van der Waals surface area contributed by atoms with Crippen molar-refractivity contribution in [2.24, 2.45) is 11.7 Å². The average Bonchev–Trinajstić information content (AvgIpc) is 2.29. The number of hydrogen-bond donors (Lipinski definition) is 2. The van der Waals surface area contributed by atoms with Gasteiger partial charge >= 0.3 is 0 Å². The van der Waals surface area contributed by atoms with E-state index in [1.165, 1.54) is 0 Å². The maximum absolute atomic E-state index is 12.1. The van der Waals surface area contributed by atoms with Crippen molar-refractivity contribution in [2.75, 3.05) is 6.61 Å². The molecular formula is C13H22N2O3. The molecular weight excluding hydrogens is 232 g/mol. The van der Waals surface area contributed by atoms with E-state index in [0.29, 0.717) is 19.4 Å². The molecule has 0 spiro atoms. The molecule has 0 aromatic heterocycles. The molecule has 5 nitrogen and oxygen atoms in total. The second kappa shape index (κ2) is 6.00. The van der Waals surface area contributed by atoms with E-state index >= 15 is 0 Å². The Kier molecular flexibility index (Phi) is 4.90. The normalized spacial score (nSPS) is 23.7. The fourth-order valence-electron chi connectivity index (χ4n) is 2.06. The highest BCUT2D eigenvalue weighted by Gasteiger charge is 2.34. The molecule has 0 aromatic carbocycles. The lowest BCUT2D eigenvalue weighted by Gasteiger charge is -2.31. The Balaban J connectivity index is 2.68. The summed E-state index contributed by atoms with van der Waals surface area (Å²) < 4.78 is 5.38. The van der Waals surface area contributed by atoms with Gasteiger partial charge < -0.3 is 15.8 Å². The van der Waals surface area contributed by atoms with Gasteiger partial charge in [0.15, 0.2) is 0 Å². The summed E-state index contributed by atoms with van der Waals surface area (Å²) in [6.07, 6.45) is 5.08. The van der Waals surface area contributed by atoms with Crippen molar-refractivity contribution in [1.29, 1.82) is 0 Å². The van der Waals surface area contributed by atoms with Gasteiger partial charge in [-0.25, -0.2) is 0 Å². The molecule has 1 aliphatic carbocycles. The zero-order valence-electron chi connectivity index (χ0n) is 11.2. The molecule has 0 heterocycles. The summed E-state index contributed by atoms with van der Waals surface area (Å²) in [6.45, 7) is 5.72. The minimum atomic E-state index is -0.891. The summed E-state index contributed by atoms with van der Waals surface area (Å²) in [5.41, 5.74) is 4.45. The van der Waals surface area contributed by atoms with Crippen LogP contribution >= 0.6 is 0 Å². The van der Waals surface area contributed by atoms with Crippen molar-refractivity contribution in [3.05, 3.63) is 12.2 Å². The second-order valence-corrected chi connectivity index (χ2v) is 4.97. The number of nitrogens with two attached hydrogens (primary N) is 1. The van der Waals surface area contributed by atoms with Gasteiger partial charge in [-0.15, -0.1) is 0 Å². The molecule has 0 aromatic rings. The van der Waals surface area contributed by atoms with Crippen LogP contribution in [0.25, 0.3) is 0 Å². The summed E-state index contributed by atoms with van der Waals surface area (Å²) in [6, 6.07) is -0.236. The first-order valence-electron chi connectivity index (χ1n) is 6.27. The zero-order valence-corrected chi connectivity index (χ0v) is 11.2. The molecule has 0 bridgehead atoms. The van der Waals surface area contributed by atoms with Gasteiger partial charge in [0.25, 0.3) is 5.91 Å². The van der Waals surface area contributed by atoms with Gasteiger partial charge in [0.2, 0.25) is 5.91 Å². The highest BCUT2D eigenvalue weighted by atomic mass is 16.5. The van der Waals surface area contributed by atoms with Crippen LogP contribution in [0.4, 0.5) is 0 Å². The molecule has 18 heavy (non-hydrogen) atoms. The minimum absolute atomic E-state index is 0.212. The molecule has 1 aliphatic rings. The van der Waals surface area contributed by atoms with Crippen molar-refractivity contribution in [3.8, 4) is 0 Å². The number of primary amides is 1. The number of allylic oxidation sites excluding steroid dienone is 1. The van der Waals surface area contributed by atoms with Crippen LogP contribution in [0.1, 0.15) is 33.6 Å². The van der Waals surface area contributed by atoms with E-state index in [-0.39, 0.29) is 23.8 Å². The van der Waals surface area contributed by atoms with Gasteiger partial charge in [-0.2, -0.15) is 0 Å². The molecule has 1 rings (SSSR count). The molecule has 5 heteroatoms. The fourth-order valence-corrected chi connectivity index (χ4v) is 2.06. The van der Waals surface area contributed by atoms with Gasteiger partial charge in [-0.1, -0.05) is 12.2 Å². The monoisotopic (exact) mass is 254 g/mol. The van der Waals surface area contributed by atoms with Gasteiger partial charge in [0, 0.05) is 12.6 Å². The molecule has 0 saturated carbocycles. The number of hydrogen-bond acceptors (Lipinski definition) is 3. The van der Waals surface area contributed by atoms with Gasteiger partial charge in [-0.3, -0.25) is 9.59 Å². The van der Waals surface area contributed by atoms with Crippen LogP contribution in [-0.4, -0.2) is 30.1 Å². The van der Waals surface area contributed by atoms with E-state index in [1.54, 1.807) is 13.8 Å². The molecule has 0 fully saturated rings. The Labute approximate surface area is 108 Å². The first-order chi connectivity index (χ1) is 8.38. The Morgan fingerprint density at radius 2 is 2.00 bits per heavy atom. The van der Waals surface area contributed by atoms with Crippen LogP contribution in [0.3, 0.4) is 0 Å². The van der Waals surface area contributed by atoms with Crippen molar-refractivity contribution in [1.82, 2.24) is 5.32 Å². The SMILES string of the molecule is CCOC(C)(C)C(=O)N[C@@H]1CC=CC[C@H]1C(N)=O. The molecule has 2 amide bonds. The molecule has 3 N–H and O–H groups in total. The number of amides is 2.